The van der Waals surface area contributed by atoms with Crippen molar-refractivity contribution in [1.82, 2.24) is 9.97 Å². The summed E-state index contributed by atoms with van der Waals surface area (Å²) in [5.41, 5.74) is 12.7. The molecule has 0 bridgehead atoms. The van der Waals surface area contributed by atoms with Crippen LogP contribution >= 0.6 is 22.7 Å². The predicted molar refractivity (Wildman–Crippen MR) is 192 cm³/mol. The van der Waals surface area contributed by atoms with Gasteiger partial charge in [0.05, 0.1) is 0 Å². The lowest BCUT2D eigenvalue weighted by atomic mass is 9.79. The first-order valence-electron chi connectivity index (χ1n) is 15.2. The van der Waals surface area contributed by atoms with Crippen molar-refractivity contribution in [1.29, 1.82) is 0 Å². The first-order chi connectivity index (χ1) is 22.1. The summed E-state index contributed by atoms with van der Waals surface area (Å²) in [4.78, 5) is 9.03. The van der Waals surface area contributed by atoms with Crippen molar-refractivity contribution < 1.29 is 0 Å². The number of benzene rings is 6. The Morgan fingerprint density at radius 3 is 1.22 bits per heavy atom. The third-order valence-corrected chi connectivity index (χ3v) is 11.1. The van der Waals surface area contributed by atoms with Gasteiger partial charge in [0.25, 0.3) is 0 Å². The van der Waals surface area contributed by atoms with Crippen LogP contribution in [-0.2, 0) is 5.41 Å². The van der Waals surface area contributed by atoms with Crippen LogP contribution in [-0.4, -0.2) is 9.97 Å². The van der Waals surface area contributed by atoms with Gasteiger partial charge in [-0.2, -0.15) is 0 Å². The molecule has 0 amide bonds. The Bertz CT molecular complexity index is 2200. The first-order valence-corrected chi connectivity index (χ1v) is 17.0. The van der Waals surface area contributed by atoms with Crippen LogP contribution in [0.3, 0.4) is 0 Å². The topological polar surface area (TPSA) is 25.8 Å². The predicted octanol–water partition coefficient (Wildman–Crippen LogP) is 11.9. The van der Waals surface area contributed by atoms with Crippen molar-refractivity contribution >= 4 is 44.2 Å². The SMILES string of the molecule is CC1(C)c2cc(-c3ccc(-c4nccs4)cc3)c3ccccc3c2-c2c1cc(-c1ccc(-c3nccs3)cc1)c1ccccc21. The van der Waals surface area contributed by atoms with E-state index in [2.05, 4.69) is 133 Å². The van der Waals surface area contributed by atoms with Crippen LogP contribution < -0.4 is 0 Å². The molecule has 2 heterocycles. The van der Waals surface area contributed by atoms with Gasteiger partial charge in [0.15, 0.2) is 0 Å². The fourth-order valence-electron chi connectivity index (χ4n) is 7.21. The largest absolute Gasteiger partial charge is 0.245 e. The lowest BCUT2D eigenvalue weighted by Crippen LogP contribution is -2.15. The van der Waals surface area contributed by atoms with Gasteiger partial charge in [-0.05, 0) is 78.2 Å². The maximum Gasteiger partial charge on any atom is 0.123 e. The molecule has 0 unspecified atom stereocenters. The normalized spacial score (nSPS) is 13.3. The highest BCUT2D eigenvalue weighted by molar-refractivity contribution is 7.13. The Morgan fingerprint density at radius 2 is 0.844 bits per heavy atom. The summed E-state index contributed by atoms with van der Waals surface area (Å²) in [6.07, 6.45) is 3.74. The number of rotatable bonds is 4. The molecule has 0 saturated heterocycles. The Balaban J connectivity index is 1.26. The quantitative estimate of drug-likeness (QED) is 0.198. The Hall–Kier alpha value is -4.90. The van der Waals surface area contributed by atoms with E-state index < -0.39 is 0 Å². The van der Waals surface area contributed by atoms with Crippen LogP contribution in [0.25, 0.3) is 76.1 Å². The van der Waals surface area contributed by atoms with E-state index in [1.807, 2.05) is 23.2 Å². The number of thiazole rings is 2. The highest BCUT2D eigenvalue weighted by Crippen LogP contribution is 2.56. The molecule has 0 fully saturated rings. The van der Waals surface area contributed by atoms with E-state index in [0.717, 1.165) is 21.1 Å². The number of hydrogen-bond acceptors (Lipinski definition) is 4. The van der Waals surface area contributed by atoms with Crippen molar-refractivity contribution in [3.8, 4) is 54.5 Å². The molecule has 45 heavy (non-hydrogen) atoms. The molecule has 0 spiro atoms. The number of fused-ring (bicyclic) bond motifs is 7. The van der Waals surface area contributed by atoms with Crippen molar-refractivity contribution in [3.63, 3.8) is 0 Å². The Morgan fingerprint density at radius 1 is 0.467 bits per heavy atom. The molecule has 0 atom stereocenters. The smallest absolute Gasteiger partial charge is 0.123 e. The van der Waals surface area contributed by atoms with Crippen LogP contribution in [0.2, 0.25) is 0 Å². The van der Waals surface area contributed by atoms with Gasteiger partial charge in [-0.25, -0.2) is 9.97 Å². The van der Waals surface area contributed by atoms with E-state index in [-0.39, 0.29) is 5.41 Å². The van der Waals surface area contributed by atoms with Crippen molar-refractivity contribution in [3.05, 3.63) is 143 Å². The highest BCUT2D eigenvalue weighted by atomic mass is 32.1. The summed E-state index contributed by atoms with van der Waals surface area (Å²) in [7, 11) is 0. The monoisotopic (exact) mass is 612 g/mol. The molecule has 4 heteroatoms. The molecule has 0 aliphatic heterocycles. The lowest BCUT2D eigenvalue weighted by molar-refractivity contribution is 0.661. The van der Waals surface area contributed by atoms with E-state index in [0.29, 0.717) is 0 Å². The fourth-order valence-corrected chi connectivity index (χ4v) is 8.50. The van der Waals surface area contributed by atoms with Crippen LogP contribution in [0.1, 0.15) is 25.0 Å². The van der Waals surface area contributed by atoms with Crippen LogP contribution in [0.4, 0.5) is 0 Å². The van der Waals surface area contributed by atoms with Crippen LogP contribution in [0, 0.1) is 0 Å². The summed E-state index contributed by atoms with van der Waals surface area (Å²) in [6, 6.07) is 40.7. The number of aromatic nitrogens is 2. The second-order valence-electron chi connectivity index (χ2n) is 12.2. The zero-order valence-corrected chi connectivity index (χ0v) is 26.5. The van der Waals surface area contributed by atoms with Gasteiger partial charge in [0.1, 0.15) is 10.0 Å². The minimum atomic E-state index is -0.177. The minimum absolute atomic E-state index is 0.177. The molecule has 0 saturated carbocycles. The van der Waals surface area contributed by atoms with Gasteiger partial charge in [0, 0.05) is 39.7 Å². The summed E-state index contributed by atoms with van der Waals surface area (Å²) >= 11 is 3.35. The lowest BCUT2D eigenvalue weighted by Gasteiger charge is -2.24. The molecule has 2 nitrogen and oxygen atoms in total. The second-order valence-corrected chi connectivity index (χ2v) is 14.0. The molecule has 1 aliphatic carbocycles. The van der Waals surface area contributed by atoms with Gasteiger partial charge in [-0.1, -0.05) is 111 Å². The van der Waals surface area contributed by atoms with E-state index >= 15 is 0 Å². The highest BCUT2D eigenvalue weighted by Gasteiger charge is 2.39. The molecule has 0 N–H and O–H groups in total. The minimum Gasteiger partial charge on any atom is -0.245 e. The van der Waals surface area contributed by atoms with Crippen LogP contribution in [0.15, 0.2) is 132 Å². The molecule has 1 aliphatic rings. The van der Waals surface area contributed by atoms with Gasteiger partial charge >= 0.3 is 0 Å². The molecule has 214 valence electrons. The second kappa shape index (κ2) is 10.1. The molecule has 6 aromatic carbocycles. The van der Waals surface area contributed by atoms with Gasteiger partial charge < -0.3 is 0 Å². The molecular weight excluding hydrogens is 585 g/mol. The van der Waals surface area contributed by atoms with E-state index in [9.17, 15) is 0 Å². The third kappa shape index (κ3) is 4.06. The third-order valence-electron chi connectivity index (χ3n) is 9.44. The summed E-state index contributed by atoms with van der Waals surface area (Å²) in [6.45, 7) is 4.79. The molecule has 2 aromatic heterocycles. The van der Waals surface area contributed by atoms with E-state index in [1.165, 1.54) is 66.1 Å². The van der Waals surface area contributed by atoms with Crippen molar-refractivity contribution in [2.75, 3.05) is 0 Å². The van der Waals surface area contributed by atoms with Crippen molar-refractivity contribution in [2.24, 2.45) is 0 Å². The molecule has 0 radical (unpaired) electrons. The molecule has 9 rings (SSSR count). The molecular formula is C41H28N2S2. The first kappa shape index (κ1) is 26.5. The summed E-state index contributed by atoms with van der Waals surface area (Å²) in [5, 5.41) is 11.4. The Kier molecular flexibility index (Phi) is 5.93. The Labute approximate surface area is 270 Å². The number of nitrogens with zero attached hydrogens (tertiary/aromatic N) is 2. The standard InChI is InChI=1S/C41H28N2S2/c1-41(2)35-23-33(25-11-15-27(16-12-25)39-42-19-21-44-39)29-7-3-5-9-31(29)37(35)38-32-10-6-4-8-30(32)34(24-36(38)41)26-13-17-28(18-14-26)40-43-20-22-45-40/h3-24H,1-2H3. The molecule has 8 aromatic rings. The van der Waals surface area contributed by atoms with Crippen molar-refractivity contribution in [2.45, 2.75) is 19.3 Å². The average molecular weight is 613 g/mol. The van der Waals surface area contributed by atoms with Gasteiger partial charge in [-0.3, -0.25) is 0 Å². The summed E-state index contributed by atoms with van der Waals surface area (Å²) in [5.74, 6) is 0. The van der Waals surface area contributed by atoms with E-state index in [1.54, 1.807) is 22.7 Å². The fraction of sp³-hybridized carbons (Fsp3) is 0.0732. The zero-order valence-electron chi connectivity index (χ0n) is 24.9. The zero-order chi connectivity index (χ0) is 30.1. The van der Waals surface area contributed by atoms with E-state index in [4.69, 9.17) is 0 Å². The maximum atomic E-state index is 4.51. The maximum absolute atomic E-state index is 4.51. The number of hydrogen-bond donors (Lipinski definition) is 0. The van der Waals surface area contributed by atoms with Gasteiger partial charge in [0.2, 0.25) is 0 Å². The average Bonchev–Trinajstić information content (AvgIpc) is 3.86. The van der Waals surface area contributed by atoms with Gasteiger partial charge in [-0.15, -0.1) is 22.7 Å². The summed E-state index contributed by atoms with van der Waals surface area (Å²) < 4.78 is 0. The van der Waals surface area contributed by atoms with Crippen LogP contribution in [0.5, 0.6) is 0 Å².